The first kappa shape index (κ1) is 12.8. The zero-order valence-corrected chi connectivity index (χ0v) is 10.7. The molecule has 5 nitrogen and oxygen atoms in total. The highest BCUT2D eigenvalue weighted by Crippen LogP contribution is 2.27. The molecule has 0 unspecified atom stereocenters. The maximum atomic E-state index is 11.8. The summed E-state index contributed by atoms with van der Waals surface area (Å²) in [6.45, 7) is 3.02. The van der Waals surface area contributed by atoms with Gasteiger partial charge in [0.1, 0.15) is 11.5 Å². The standard InChI is InChI=1S/C13H20N4O/c1-9-2-4-10(5-3-9)6-17-13(18)11-7-16-12(14)8-15-11/h7-10H,2-6H2,1H3,(H2,14,16)(H,17,18). The van der Waals surface area contributed by atoms with E-state index >= 15 is 0 Å². The molecule has 0 aliphatic heterocycles. The number of aromatic nitrogens is 2. The predicted molar refractivity (Wildman–Crippen MR) is 69.9 cm³/mol. The van der Waals surface area contributed by atoms with Gasteiger partial charge in [0.15, 0.2) is 0 Å². The summed E-state index contributed by atoms with van der Waals surface area (Å²) in [6, 6.07) is 0. The highest BCUT2D eigenvalue weighted by molar-refractivity contribution is 5.91. The van der Waals surface area contributed by atoms with Crippen molar-refractivity contribution in [3.63, 3.8) is 0 Å². The molecule has 3 N–H and O–H groups in total. The molecule has 0 aromatic carbocycles. The van der Waals surface area contributed by atoms with Gasteiger partial charge in [0, 0.05) is 6.54 Å². The van der Waals surface area contributed by atoms with Gasteiger partial charge in [-0.3, -0.25) is 4.79 Å². The number of anilines is 1. The zero-order valence-electron chi connectivity index (χ0n) is 10.7. The molecule has 1 fully saturated rings. The van der Waals surface area contributed by atoms with Crippen molar-refractivity contribution in [2.75, 3.05) is 12.3 Å². The summed E-state index contributed by atoms with van der Waals surface area (Å²) in [5.74, 6) is 1.60. The first-order valence-corrected chi connectivity index (χ1v) is 6.51. The molecule has 1 aliphatic rings. The molecule has 98 valence electrons. The van der Waals surface area contributed by atoms with Gasteiger partial charge in [0.05, 0.1) is 12.4 Å². The van der Waals surface area contributed by atoms with Crippen LogP contribution in [0.5, 0.6) is 0 Å². The first-order valence-electron chi connectivity index (χ1n) is 6.51. The van der Waals surface area contributed by atoms with Gasteiger partial charge in [-0.2, -0.15) is 0 Å². The Morgan fingerprint density at radius 2 is 2.06 bits per heavy atom. The van der Waals surface area contributed by atoms with E-state index in [-0.39, 0.29) is 5.91 Å². The average Bonchev–Trinajstić information content (AvgIpc) is 2.38. The highest BCUT2D eigenvalue weighted by atomic mass is 16.1. The van der Waals surface area contributed by atoms with Crippen LogP contribution in [-0.4, -0.2) is 22.4 Å². The lowest BCUT2D eigenvalue weighted by molar-refractivity contribution is 0.0936. The van der Waals surface area contributed by atoms with Gasteiger partial charge in [0.25, 0.3) is 5.91 Å². The number of nitrogens with one attached hydrogen (secondary N) is 1. The molecule has 1 amide bonds. The first-order chi connectivity index (χ1) is 8.65. The second-order valence-corrected chi connectivity index (χ2v) is 5.16. The summed E-state index contributed by atoms with van der Waals surface area (Å²) in [5.41, 5.74) is 5.75. The van der Waals surface area contributed by atoms with Gasteiger partial charge in [0.2, 0.25) is 0 Å². The lowest BCUT2D eigenvalue weighted by Gasteiger charge is -2.26. The number of nitrogens with two attached hydrogens (primary N) is 1. The van der Waals surface area contributed by atoms with E-state index in [0.717, 1.165) is 12.5 Å². The van der Waals surface area contributed by atoms with Crippen LogP contribution in [0.3, 0.4) is 0 Å². The number of rotatable bonds is 3. The summed E-state index contributed by atoms with van der Waals surface area (Å²) in [7, 11) is 0. The molecule has 1 aliphatic carbocycles. The fraction of sp³-hybridized carbons (Fsp3) is 0.615. The van der Waals surface area contributed by atoms with Gasteiger partial charge in [-0.05, 0) is 24.7 Å². The van der Waals surface area contributed by atoms with E-state index < -0.39 is 0 Å². The lowest BCUT2D eigenvalue weighted by atomic mass is 9.83. The minimum atomic E-state index is -0.166. The summed E-state index contributed by atoms with van der Waals surface area (Å²) < 4.78 is 0. The Hall–Kier alpha value is -1.65. The van der Waals surface area contributed by atoms with E-state index in [1.807, 2.05) is 0 Å². The van der Waals surface area contributed by atoms with Crippen molar-refractivity contribution in [2.24, 2.45) is 11.8 Å². The van der Waals surface area contributed by atoms with Crippen molar-refractivity contribution in [3.8, 4) is 0 Å². The smallest absolute Gasteiger partial charge is 0.271 e. The number of hydrogen-bond donors (Lipinski definition) is 2. The predicted octanol–water partition coefficient (Wildman–Crippen LogP) is 1.61. The van der Waals surface area contributed by atoms with Crippen LogP contribution in [0.4, 0.5) is 5.82 Å². The third-order valence-electron chi connectivity index (χ3n) is 3.59. The Bertz CT molecular complexity index is 396. The molecule has 5 heteroatoms. The topological polar surface area (TPSA) is 80.9 Å². The molecule has 0 atom stereocenters. The fourth-order valence-corrected chi connectivity index (χ4v) is 2.32. The maximum Gasteiger partial charge on any atom is 0.271 e. The number of nitrogen functional groups attached to an aromatic ring is 1. The SMILES string of the molecule is CC1CCC(CNC(=O)c2cnc(N)cn2)CC1. The second-order valence-electron chi connectivity index (χ2n) is 5.16. The van der Waals surface area contributed by atoms with Crippen molar-refractivity contribution >= 4 is 11.7 Å². The van der Waals surface area contributed by atoms with Crippen LogP contribution >= 0.6 is 0 Å². The van der Waals surface area contributed by atoms with Crippen molar-refractivity contribution in [1.29, 1.82) is 0 Å². The number of carbonyl (C=O) groups is 1. The Kier molecular flexibility index (Phi) is 4.12. The van der Waals surface area contributed by atoms with Gasteiger partial charge in [-0.25, -0.2) is 9.97 Å². The lowest BCUT2D eigenvalue weighted by Crippen LogP contribution is -2.31. The van der Waals surface area contributed by atoms with Crippen LogP contribution in [0.25, 0.3) is 0 Å². The normalized spacial score (nSPS) is 23.6. The zero-order chi connectivity index (χ0) is 13.0. The van der Waals surface area contributed by atoms with Crippen LogP contribution in [0, 0.1) is 11.8 Å². The third kappa shape index (κ3) is 3.42. The van der Waals surface area contributed by atoms with Crippen molar-refractivity contribution in [2.45, 2.75) is 32.6 Å². The number of hydrogen-bond acceptors (Lipinski definition) is 4. The third-order valence-corrected chi connectivity index (χ3v) is 3.59. The van der Waals surface area contributed by atoms with E-state index in [4.69, 9.17) is 5.73 Å². The molecule has 2 rings (SSSR count). The summed E-state index contributed by atoms with van der Waals surface area (Å²) in [6.07, 6.45) is 7.75. The largest absolute Gasteiger partial charge is 0.382 e. The Morgan fingerprint density at radius 1 is 1.33 bits per heavy atom. The van der Waals surface area contributed by atoms with Crippen molar-refractivity contribution in [3.05, 3.63) is 18.1 Å². The minimum absolute atomic E-state index is 0.166. The number of carbonyl (C=O) groups excluding carboxylic acids is 1. The maximum absolute atomic E-state index is 11.8. The number of nitrogens with zero attached hydrogens (tertiary/aromatic N) is 2. The van der Waals surface area contributed by atoms with E-state index in [9.17, 15) is 4.79 Å². The molecule has 0 bridgehead atoms. The monoisotopic (exact) mass is 248 g/mol. The fourth-order valence-electron chi connectivity index (χ4n) is 2.32. The van der Waals surface area contributed by atoms with Crippen LogP contribution in [-0.2, 0) is 0 Å². The highest BCUT2D eigenvalue weighted by Gasteiger charge is 2.19. The molecule has 18 heavy (non-hydrogen) atoms. The molecule has 1 saturated carbocycles. The van der Waals surface area contributed by atoms with Crippen LogP contribution in [0.15, 0.2) is 12.4 Å². The van der Waals surface area contributed by atoms with E-state index in [0.29, 0.717) is 17.4 Å². The van der Waals surface area contributed by atoms with E-state index in [2.05, 4.69) is 22.2 Å². The minimum Gasteiger partial charge on any atom is -0.382 e. The van der Waals surface area contributed by atoms with Crippen LogP contribution in [0.1, 0.15) is 43.1 Å². The molecule has 0 saturated heterocycles. The molecular formula is C13H20N4O. The van der Waals surface area contributed by atoms with Gasteiger partial charge < -0.3 is 11.1 Å². The van der Waals surface area contributed by atoms with E-state index in [1.54, 1.807) is 0 Å². The van der Waals surface area contributed by atoms with Crippen LogP contribution in [0.2, 0.25) is 0 Å². The molecule has 1 heterocycles. The van der Waals surface area contributed by atoms with Gasteiger partial charge >= 0.3 is 0 Å². The van der Waals surface area contributed by atoms with Gasteiger partial charge in [-0.1, -0.05) is 19.8 Å². The van der Waals surface area contributed by atoms with Crippen molar-refractivity contribution in [1.82, 2.24) is 15.3 Å². The average molecular weight is 248 g/mol. The quantitative estimate of drug-likeness (QED) is 0.851. The summed E-state index contributed by atoms with van der Waals surface area (Å²) in [5, 5.41) is 2.92. The van der Waals surface area contributed by atoms with Gasteiger partial charge in [-0.15, -0.1) is 0 Å². The summed E-state index contributed by atoms with van der Waals surface area (Å²) >= 11 is 0. The Morgan fingerprint density at radius 3 is 2.67 bits per heavy atom. The molecule has 1 aromatic rings. The van der Waals surface area contributed by atoms with Crippen molar-refractivity contribution < 1.29 is 4.79 Å². The molecular weight excluding hydrogens is 228 g/mol. The van der Waals surface area contributed by atoms with E-state index in [1.165, 1.54) is 38.1 Å². The molecule has 0 radical (unpaired) electrons. The Labute approximate surface area is 107 Å². The summed E-state index contributed by atoms with van der Waals surface area (Å²) in [4.78, 5) is 19.6. The molecule has 0 spiro atoms. The van der Waals surface area contributed by atoms with Crippen LogP contribution < -0.4 is 11.1 Å². The molecule has 1 aromatic heterocycles. The Balaban J connectivity index is 1.79. The number of amides is 1. The second kappa shape index (κ2) is 5.80.